The Bertz CT molecular complexity index is 1040. The molecule has 3 aromatic heterocycles. The fraction of sp³-hybridized carbons (Fsp3) is 0.474. The van der Waals surface area contributed by atoms with Gasteiger partial charge in [0.05, 0.1) is 12.7 Å². The zero-order chi connectivity index (χ0) is 21.3. The molecule has 0 aromatic carbocycles. The molecule has 1 aliphatic rings. The van der Waals surface area contributed by atoms with E-state index in [0.717, 1.165) is 19.2 Å². The number of hydrogen-bond acceptors (Lipinski definition) is 6. The number of nitrogens with one attached hydrogen (secondary N) is 1. The van der Waals surface area contributed by atoms with Crippen LogP contribution in [0.2, 0.25) is 0 Å². The molecule has 11 heteroatoms. The summed E-state index contributed by atoms with van der Waals surface area (Å²) in [5, 5.41) is 11.3. The lowest BCUT2D eigenvalue weighted by atomic mass is 10.1. The van der Waals surface area contributed by atoms with E-state index in [1.807, 2.05) is 20.0 Å². The van der Waals surface area contributed by atoms with Crippen LogP contribution in [0.4, 0.5) is 14.6 Å². The van der Waals surface area contributed by atoms with Gasteiger partial charge in [-0.2, -0.15) is 24.0 Å². The lowest BCUT2D eigenvalue weighted by molar-refractivity contribution is 0.0568. The fourth-order valence-electron chi connectivity index (χ4n) is 3.25. The van der Waals surface area contributed by atoms with Crippen LogP contribution in [0.15, 0.2) is 24.5 Å². The third kappa shape index (κ3) is 4.40. The van der Waals surface area contributed by atoms with Gasteiger partial charge in [0.25, 0.3) is 5.91 Å². The van der Waals surface area contributed by atoms with E-state index in [1.54, 1.807) is 10.7 Å². The highest BCUT2D eigenvalue weighted by Crippen LogP contribution is 2.25. The van der Waals surface area contributed by atoms with Crippen LogP contribution < -0.4 is 10.1 Å². The number of amides is 1. The van der Waals surface area contributed by atoms with Crippen LogP contribution >= 0.6 is 0 Å². The molecule has 1 saturated heterocycles. The van der Waals surface area contributed by atoms with Crippen molar-refractivity contribution in [2.24, 2.45) is 5.92 Å². The van der Waals surface area contributed by atoms with Gasteiger partial charge in [0, 0.05) is 42.9 Å². The molecule has 1 fully saturated rings. The number of pyridine rings is 1. The van der Waals surface area contributed by atoms with Gasteiger partial charge in [0.15, 0.2) is 11.5 Å². The number of fused-ring (bicyclic) bond motifs is 1. The summed E-state index contributed by atoms with van der Waals surface area (Å²) in [4.78, 5) is 17.2. The molecule has 1 aliphatic heterocycles. The Balaban J connectivity index is 1.62. The fourth-order valence-corrected chi connectivity index (χ4v) is 3.25. The van der Waals surface area contributed by atoms with Crippen LogP contribution in [0.25, 0.3) is 11.0 Å². The van der Waals surface area contributed by atoms with E-state index in [4.69, 9.17) is 9.47 Å². The van der Waals surface area contributed by atoms with Crippen LogP contribution in [0.1, 0.15) is 37.2 Å². The van der Waals surface area contributed by atoms with E-state index in [2.05, 4.69) is 20.5 Å². The van der Waals surface area contributed by atoms with E-state index in [0.29, 0.717) is 34.8 Å². The van der Waals surface area contributed by atoms with Gasteiger partial charge < -0.3 is 14.8 Å². The molecule has 1 N–H and O–H groups in total. The summed E-state index contributed by atoms with van der Waals surface area (Å²) in [6.07, 6.45) is 3.66. The number of rotatable bonds is 7. The minimum absolute atomic E-state index is 0.00724. The van der Waals surface area contributed by atoms with Gasteiger partial charge in [-0.1, -0.05) is 0 Å². The largest absolute Gasteiger partial charge is 0.474 e. The maximum Gasteiger partial charge on any atom is 0.333 e. The average molecular weight is 420 g/mol. The summed E-state index contributed by atoms with van der Waals surface area (Å²) in [6, 6.07) is 2.93. The lowest BCUT2D eigenvalue weighted by Gasteiger charge is -2.12. The van der Waals surface area contributed by atoms with E-state index in [-0.39, 0.29) is 23.4 Å². The number of aromatic nitrogens is 5. The Morgan fingerprint density at radius 3 is 2.90 bits per heavy atom. The number of halogens is 2. The van der Waals surface area contributed by atoms with Gasteiger partial charge in [0.2, 0.25) is 5.88 Å². The van der Waals surface area contributed by atoms with Crippen LogP contribution in [0.3, 0.4) is 0 Å². The van der Waals surface area contributed by atoms with Gasteiger partial charge in [-0.25, -0.2) is 4.68 Å². The Morgan fingerprint density at radius 2 is 2.23 bits per heavy atom. The normalized spacial score (nSPS) is 16.7. The summed E-state index contributed by atoms with van der Waals surface area (Å²) in [5.41, 5.74) is 0.634. The van der Waals surface area contributed by atoms with Crippen LogP contribution in [-0.2, 0) is 11.3 Å². The topological polar surface area (TPSA) is 96.1 Å². The second-order valence-electron chi connectivity index (χ2n) is 7.41. The molecule has 0 saturated carbocycles. The van der Waals surface area contributed by atoms with Crippen molar-refractivity contribution < 1.29 is 23.0 Å². The molecule has 0 unspecified atom stereocenters. The minimum Gasteiger partial charge on any atom is -0.474 e. The number of carbonyl (C=O) groups excluding carboxylic acids is 1. The maximum atomic E-state index is 12.8. The Labute approximate surface area is 171 Å². The van der Waals surface area contributed by atoms with Crippen LogP contribution in [0, 0.1) is 5.92 Å². The summed E-state index contributed by atoms with van der Waals surface area (Å²) in [7, 11) is 0. The molecule has 9 nitrogen and oxygen atoms in total. The van der Waals surface area contributed by atoms with E-state index < -0.39 is 12.5 Å². The summed E-state index contributed by atoms with van der Waals surface area (Å²) in [6.45, 7) is 2.99. The number of carbonyl (C=O) groups is 1. The number of ether oxygens (including phenoxy) is 2. The molecule has 4 heterocycles. The van der Waals surface area contributed by atoms with Gasteiger partial charge in [-0.15, -0.1) is 0 Å². The van der Waals surface area contributed by atoms with Crippen molar-refractivity contribution in [3.05, 3.63) is 30.1 Å². The highest BCUT2D eigenvalue weighted by molar-refractivity contribution is 6.07. The number of anilines is 1. The van der Waals surface area contributed by atoms with Crippen molar-refractivity contribution in [2.75, 3.05) is 18.5 Å². The van der Waals surface area contributed by atoms with Gasteiger partial charge in [-0.05, 0) is 26.3 Å². The Morgan fingerprint density at radius 1 is 1.40 bits per heavy atom. The zero-order valence-corrected chi connectivity index (χ0v) is 16.6. The van der Waals surface area contributed by atoms with E-state index >= 15 is 0 Å². The molecule has 1 atom stereocenters. The molecule has 0 radical (unpaired) electrons. The molecule has 30 heavy (non-hydrogen) atoms. The van der Waals surface area contributed by atoms with Crippen LogP contribution in [0.5, 0.6) is 5.88 Å². The monoisotopic (exact) mass is 420 g/mol. The lowest BCUT2D eigenvalue weighted by Crippen LogP contribution is -2.17. The third-order valence-corrected chi connectivity index (χ3v) is 4.62. The molecule has 0 aliphatic carbocycles. The first-order chi connectivity index (χ1) is 14.4. The first-order valence-corrected chi connectivity index (χ1v) is 9.66. The summed E-state index contributed by atoms with van der Waals surface area (Å²) >= 11 is 0. The second kappa shape index (κ2) is 8.34. The van der Waals surface area contributed by atoms with Crippen molar-refractivity contribution >= 4 is 22.8 Å². The van der Waals surface area contributed by atoms with Gasteiger partial charge >= 0.3 is 6.55 Å². The van der Waals surface area contributed by atoms with Gasteiger partial charge in [-0.3, -0.25) is 9.48 Å². The highest BCUT2D eigenvalue weighted by Gasteiger charge is 2.21. The predicted molar refractivity (Wildman–Crippen MR) is 104 cm³/mol. The second-order valence-corrected chi connectivity index (χ2v) is 7.41. The minimum atomic E-state index is -2.79. The molecular formula is C19H22F2N6O3. The highest BCUT2D eigenvalue weighted by atomic mass is 19.3. The Hall–Kier alpha value is -3.08. The standard InChI is InChI=1S/C19H22F2N6O3/c1-11(2)30-18-14(17(28)22-15-3-5-27(24-15)19(20)21)7-13-9-26(25-16(13)23-18)8-12-4-6-29-10-12/h3,5,7,9,11-12,19H,4,6,8,10H2,1-2H3,(H,22,24,28)/t12-/m1/s1. The van der Waals surface area contributed by atoms with Crippen molar-refractivity contribution in [3.8, 4) is 5.88 Å². The van der Waals surface area contributed by atoms with Crippen molar-refractivity contribution in [1.29, 1.82) is 0 Å². The molecule has 3 aromatic rings. The first kappa shape index (κ1) is 20.2. The molecule has 160 valence electrons. The first-order valence-electron chi connectivity index (χ1n) is 9.66. The smallest absolute Gasteiger partial charge is 0.333 e. The quantitative estimate of drug-likeness (QED) is 0.631. The molecule has 0 bridgehead atoms. The van der Waals surface area contributed by atoms with Crippen molar-refractivity contribution in [3.63, 3.8) is 0 Å². The molecular weight excluding hydrogens is 398 g/mol. The molecule has 4 rings (SSSR count). The molecule has 0 spiro atoms. The van der Waals surface area contributed by atoms with E-state index in [1.165, 1.54) is 6.07 Å². The van der Waals surface area contributed by atoms with Crippen molar-refractivity contribution in [2.45, 2.75) is 39.5 Å². The predicted octanol–water partition coefficient (Wildman–Crippen LogP) is 3.10. The number of alkyl halides is 2. The molecule has 1 amide bonds. The Kier molecular flexibility index (Phi) is 5.62. The maximum absolute atomic E-state index is 12.8. The third-order valence-electron chi connectivity index (χ3n) is 4.62. The zero-order valence-electron chi connectivity index (χ0n) is 16.6. The number of nitrogens with zero attached hydrogens (tertiary/aromatic N) is 5. The summed E-state index contributed by atoms with van der Waals surface area (Å²) < 4.78 is 38.8. The SMILES string of the molecule is CC(C)Oc1nc2nn(C[C@H]3CCOC3)cc2cc1C(=O)Nc1ccn(C(F)F)n1. The summed E-state index contributed by atoms with van der Waals surface area (Å²) in [5.74, 6) is -0.0412. The van der Waals surface area contributed by atoms with Crippen LogP contribution in [-0.4, -0.2) is 49.8 Å². The van der Waals surface area contributed by atoms with Crippen molar-refractivity contribution in [1.82, 2.24) is 24.5 Å². The number of hydrogen-bond donors (Lipinski definition) is 1. The average Bonchev–Trinajstić information content (AvgIpc) is 3.41. The van der Waals surface area contributed by atoms with E-state index in [9.17, 15) is 13.6 Å². The van der Waals surface area contributed by atoms with Gasteiger partial charge in [0.1, 0.15) is 5.56 Å².